The molecule has 0 aromatic heterocycles. The summed E-state index contributed by atoms with van der Waals surface area (Å²) in [7, 11) is 0. The van der Waals surface area contributed by atoms with Crippen molar-refractivity contribution in [3.63, 3.8) is 0 Å². The maximum atomic E-state index is 12.2. The fourth-order valence-corrected chi connectivity index (χ4v) is 2.73. The Bertz CT molecular complexity index is 676. The summed E-state index contributed by atoms with van der Waals surface area (Å²) < 4.78 is 28.7. The highest BCUT2D eigenvalue weighted by molar-refractivity contribution is 14.1. The Balaban J connectivity index is 4.72. The minimum Gasteiger partial charge on any atom is -0.461 e. The molecule has 1 N–H and O–H groups in total. The standard InChI is InChI=1S/C21H30I3NO12/c1-13(22)19(29)35-7-4-32-16(26)10-25(11-17(27)33-5-8-36-20(30)14(2)23)12-18(28)34-6-9-37-21(31)15(3)24/h13-15H,4-12H2,1-3H3/p+1. The molecule has 0 saturated heterocycles. The third kappa shape index (κ3) is 19.7. The summed E-state index contributed by atoms with van der Waals surface area (Å²) in [5.41, 5.74) is 0. The Kier molecular flexibility index (Phi) is 20.3. The predicted molar refractivity (Wildman–Crippen MR) is 152 cm³/mol. The van der Waals surface area contributed by atoms with Crippen molar-refractivity contribution in [1.82, 2.24) is 0 Å². The van der Waals surface area contributed by atoms with E-state index < -0.39 is 35.8 Å². The maximum Gasteiger partial charge on any atom is 0.361 e. The van der Waals surface area contributed by atoms with Crippen molar-refractivity contribution in [3.05, 3.63) is 0 Å². The average Bonchev–Trinajstić information content (AvgIpc) is 2.81. The number of nitrogens with one attached hydrogen (secondary N) is 1. The summed E-state index contributed by atoms with van der Waals surface area (Å²) in [5, 5.41) is 0. The van der Waals surface area contributed by atoms with E-state index in [1.165, 1.54) is 0 Å². The predicted octanol–water partition coefficient (Wildman–Crippen LogP) is -0.399. The van der Waals surface area contributed by atoms with Gasteiger partial charge in [0.1, 0.15) is 51.4 Å². The van der Waals surface area contributed by atoms with Crippen LogP contribution in [0.25, 0.3) is 0 Å². The summed E-state index contributed by atoms with van der Waals surface area (Å²) in [6.07, 6.45) is 0. The smallest absolute Gasteiger partial charge is 0.361 e. The second-order valence-corrected chi connectivity index (χ2v) is 12.9. The third-order valence-corrected chi connectivity index (χ3v) is 5.46. The highest BCUT2D eigenvalue weighted by Gasteiger charge is 2.24. The molecule has 0 amide bonds. The van der Waals surface area contributed by atoms with Gasteiger partial charge in [-0.25, -0.2) is 14.4 Å². The monoisotopic (exact) mass is 870 g/mol. The van der Waals surface area contributed by atoms with Gasteiger partial charge in [-0.05, 0) is 20.8 Å². The van der Waals surface area contributed by atoms with Crippen LogP contribution in [0.2, 0.25) is 0 Å². The number of quaternary nitrogens is 1. The van der Waals surface area contributed by atoms with Crippen molar-refractivity contribution in [2.45, 2.75) is 32.5 Å². The molecule has 0 rings (SSSR count). The number of alkyl halides is 3. The van der Waals surface area contributed by atoms with Crippen LogP contribution in [0, 0.1) is 0 Å². The normalized spacial score (nSPS) is 13.8. The van der Waals surface area contributed by atoms with Crippen molar-refractivity contribution in [2.75, 3.05) is 59.3 Å². The van der Waals surface area contributed by atoms with Crippen LogP contribution < -0.4 is 4.90 Å². The van der Waals surface area contributed by atoms with Gasteiger partial charge in [0.15, 0.2) is 19.6 Å². The molecule has 0 aromatic rings. The van der Waals surface area contributed by atoms with Crippen LogP contribution in [0.1, 0.15) is 20.8 Å². The Hall–Kier alpha value is -1.03. The maximum absolute atomic E-state index is 12.2. The zero-order valence-corrected chi connectivity index (χ0v) is 27.1. The van der Waals surface area contributed by atoms with E-state index >= 15 is 0 Å². The molecule has 13 nitrogen and oxygen atoms in total. The van der Waals surface area contributed by atoms with E-state index in [0.29, 0.717) is 0 Å². The molecular formula is C21H31I3NO12+. The first-order chi connectivity index (χ1) is 17.3. The van der Waals surface area contributed by atoms with E-state index in [1.54, 1.807) is 20.8 Å². The number of esters is 6. The molecule has 0 saturated carbocycles. The first-order valence-corrected chi connectivity index (χ1v) is 14.8. The second-order valence-electron chi connectivity index (χ2n) is 7.29. The van der Waals surface area contributed by atoms with Crippen LogP contribution in [0.5, 0.6) is 0 Å². The van der Waals surface area contributed by atoms with Gasteiger partial charge < -0.3 is 33.3 Å². The van der Waals surface area contributed by atoms with E-state index in [-0.39, 0.29) is 75.9 Å². The lowest BCUT2D eigenvalue weighted by atomic mass is 10.4. The Morgan fingerprint density at radius 3 is 0.919 bits per heavy atom. The van der Waals surface area contributed by atoms with Crippen LogP contribution in [0.4, 0.5) is 0 Å². The quantitative estimate of drug-likeness (QED) is 0.0626. The van der Waals surface area contributed by atoms with E-state index in [0.717, 1.165) is 0 Å². The van der Waals surface area contributed by atoms with Gasteiger partial charge in [0.05, 0.1) is 0 Å². The fraction of sp³-hybridized carbons (Fsp3) is 0.714. The molecule has 212 valence electrons. The van der Waals surface area contributed by atoms with Crippen molar-refractivity contribution in [1.29, 1.82) is 0 Å². The van der Waals surface area contributed by atoms with Gasteiger partial charge in [-0.2, -0.15) is 0 Å². The number of rotatable bonds is 18. The van der Waals surface area contributed by atoms with Crippen LogP contribution >= 0.6 is 67.8 Å². The highest BCUT2D eigenvalue weighted by Crippen LogP contribution is 2.02. The Morgan fingerprint density at radius 1 is 0.486 bits per heavy atom. The molecule has 0 aliphatic heterocycles. The van der Waals surface area contributed by atoms with E-state index in [2.05, 4.69) is 0 Å². The molecule has 3 unspecified atom stereocenters. The van der Waals surface area contributed by atoms with Crippen LogP contribution in [-0.2, 0) is 57.2 Å². The molecule has 0 aliphatic carbocycles. The van der Waals surface area contributed by atoms with Crippen LogP contribution in [0.3, 0.4) is 0 Å². The van der Waals surface area contributed by atoms with Gasteiger partial charge in [0.25, 0.3) is 0 Å². The van der Waals surface area contributed by atoms with Gasteiger partial charge in [-0.3, -0.25) is 14.4 Å². The largest absolute Gasteiger partial charge is 0.461 e. The highest BCUT2D eigenvalue weighted by atomic mass is 127. The molecule has 0 spiro atoms. The molecule has 3 atom stereocenters. The molecule has 0 heterocycles. The van der Waals surface area contributed by atoms with Gasteiger partial charge in [-0.15, -0.1) is 0 Å². The number of hydrogen-bond donors (Lipinski definition) is 1. The van der Waals surface area contributed by atoms with E-state index in [1.807, 2.05) is 67.8 Å². The number of halogens is 3. The van der Waals surface area contributed by atoms with Crippen LogP contribution in [0.15, 0.2) is 0 Å². The van der Waals surface area contributed by atoms with Gasteiger partial charge in [0, 0.05) is 0 Å². The lowest BCUT2D eigenvalue weighted by molar-refractivity contribution is -0.877. The zero-order valence-electron chi connectivity index (χ0n) is 20.6. The lowest BCUT2D eigenvalue weighted by Gasteiger charge is -2.17. The molecule has 37 heavy (non-hydrogen) atoms. The SMILES string of the molecule is CC(I)C(=O)OCCOC(=O)C[NH+](CC(=O)OCCOC(=O)C(C)I)CC(=O)OCCOC(=O)C(C)I. The summed E-state index contributed by atoms with van der Waals surface area (Å²) in [5.74, 6) is -3.60. The van der Waals surface area contributed by atoms with E-state index in [9.17, 15) is 28.8 Å². The molecule has 0 bridgehead atoms. The molecule has 0 fully saturated rings. The minimum absolute atomic E-state index is 0.138. The summed E-state index contributed by atoms with van der Waals surface area (Å²) in [6, 6.07) is 0. The second kappa shape index (κ2) is 20.9. The van der Waals surface area contributed by atoms with Crippen molar-refractivity contribution in [3.8, 4) is 0 Å². The molecule has 0 radical (unpaired) electrons. The lowest BCUT2D eigenvalue weighted by Crippen LogP contribution is -3.14. The number of carbonyl (C=O) groups is 6. The summed E-state index contributed by atoms with van der Waals surface area (Å²) >= 11 is 5.65. The zero-order chi connectivity index (χ0) is 28.4. The first kappa shape index (κ1) is 36.0. The van der Waals surface area contributed by atoms with Crippen molar-refractivity contribution in [2.24, 2.45) is 0 Å². The summed E-state index contributed by atoms with van der Waals surface area (Å²) in [6.45, 7) is 2.78. The molecule has 16 heteroatoms. The van der Waals surface area contributed by atoms with Crippen LogP contribution in [-0.4, -0.2) is 107 Å². The molecular weight excluding hydrogens is 839 g/mol. The topological polar surface area (TPSA) is 162 Å². The van der Waals surface area contributed by atoms with E-state index in [4.69, 9.17) is 28.4 Å². The average molecular weight is 870 g/mol. The summed E-state index contributed by atoms with van der Waals surface area (Å²) in [4.78, 5) is 71.0. The number of carbonyl (C=O) groups excluding carboxylic acids is 6. The fourth-order valence-electron chi connectivity index (χ4n) is 2.19. The number of hydrogen-bond acceptors (Lipinski definition) is 12. The van der Waals surface area contributed by atoms with Crippen molar-refractivity contribution >= 4 is 104 Å². The van der Waals surface area contributed by atoms with Gasteiger partial charge >= 0.3 is 35.8 Å². The Morgan fingerprint density at radius 2 is 0.703 bits per heavy atom. The van der Waals surface area contributed by atoms with Gasteiger partial charge in [0.2, 0.25) is 0 Å². The Labute approximate surface area is 255 Å². The molecule has 0 aliphatic rings. The minimum atomic E-state index is -0.746. The third-order valence-electron chi connectivity index (χ3n) is 3.93. The molecule has 0 aromatic carbocycles. The van der Waals surface area contributed by atoms with Gasteiger partial charge in [-0.1, -0.05) is 67.8 Å². The number of ether oxygens (including phenoxy) is 6. The van der Waals surface area contributed by atoms with Crippen molar-refractivity contribution < 1.29 is 62.1 Å². The first-order valence-electron chi connectivity index (χ1n) is 11.1.